The molecule has 1 aromatic rings. The molecule has 2 bridgehead atoms. The summed E-state index contributed by atoms with van der Waals surface area (Å²) in [7, 11) is 0. The van der Waals surface area contributed by atoms with Gasteiger partial charge in [-0.25, -0.2) is 0 Å². The average molecular weight is 200 g/mol. The summed E-state index contributed by atoms with van der Waals surface area (Å²) in [6.07, 6.45) is 9.63. The van der Waals surface area contributed by atoms with E-state index in [1.165, 1.54) is 44.3 Å². The highest BCUT2D eigenvalue weighted by Crippen LogP contribution is 2.59. The number of piperidine rings is 1. The molecular formula is C13H16N2. The SMILES string of the molecule is c1cc2c(cn1)[C@H]1N3CCC[C@]1(CC3)C2. The predicted molar refractivity (Wildman–Crippen MR) is 58.5 cm³/mol. The maximum Gasteiger partial charge on any atom is 0.0426 e. The van der Waals surface area contributed by atoms with Crippen LogP contribution in [0.1, 0.15) is 36.4 Å². The normalized spacial score (nSPS) is 41.3. The van der Waals surface area contributed by atoms with Crippen molar-refractivity contribution >= 4 is 0 Å². The Morgan fingerprint density at radius 3 is 3.33 bits per heavy atom. The lowest BCUT2D eigenvalue weighted by molar-refractivity contribution is 0.111. The van der Waals surface area contributed by atoms with Crippen LogP contribution in [0.5, 0.6) is 0 Å². The van der Waals surface area contributed by atoms with Gasteiger partial charge in [0.1, 0.15) is 0 Å². The maximum atomic E-state index is 4.31. The highest BCUT2D eigenvalue weighted by atomic mass is 15.2. The van der Waals surface area contributed by atoms with Crippen LogP contribution in [0.4, 0.5) is 0 Å². The molecule has 15 heavy (non-hydrogen) atoms. The van der Waals surface area contributed by atoms with E-state index in [4.69, 9.17) is 0 Å². The Kier molecular flexibility index (Phi) is 1.44. The minimum Gasteiger partial charge on any atom is -0.296 e. The minimum absolute atomic E-state index is 0.601. The van der Waals surface area contributed by atoms with Gasteiger partial charge in [-0.2, -0.15) is 0 Å². The summed E-state index contributed by atoms with van der Waals surface area (Å²) < 4.78 is 0. The highest BCUT2D eigenvalue weighted by Gasteiger charge is 2.54. The van der Waals surface area contributed by atoms with E-state index in [2.05, 4.69) is 22.1 Å². The zero-order valence-electron chi connectivity index (χ0n) is 8.95. The zero-order valence-corrected chi connectivity index (χ0v) is 8.95. The maximum absolute atomic E-state index is 4.31. The standard InChI is InChI=1S/C13H16N2/c1-3-13-4-7-15(6-1)12(13)11-9-14-5-2-10(11)8-13/h2,5,9,12H,1,3-4,6-8H2/t12-,13+/m1/s1. The third-order valence-corrected chi connectivity index (χ3v) is 4.75. The Bertz CT molecular complexity index is 411. The Labute approximate surface area is 90.3 Å². The van der Waals surface area contributed by atoms with E-state index in [1.807, 2.05) is 6.20 Å². The van der Waals surface area contributed by atoms with Crippen molar-refractivity contribution in [2.45, 2.75) is 31.7 Å². The van der Waals surface area contributed by atoms with Crippen LogP contribution in [0.15, 0.2) is 18.5 Å². The third-order valence-electron chi connectivity index (χ3n) is 4.75. The van der Waals surface area contributed by atoms with Gasteiger partial charge in [0.25, 0.3) is 0 Å². The molecule has 2 heteroatoms. The van der Waals surface area contributed by atoms with E-state index in [0.29, 0.717) is 5.41 Å². The van der Waals surface area contributed by atoms with E-state index in [9.17, 15) is 0 Å². The Morgan fingerprint density at radius 1 is 1.33 bits per heavy atom. The van der Waals surface area contributed by atoms with Crippen molar-refractivity contribution in [3.8, 4) is 0 Å². The van der Waals surface area contributed by atoms with Gasteiger partial charge in [-0.15, -0.1) is 0 Å². The summed E-state index contributed by atoms with van der Waals surface area (Å²) >= 11 is 0. The topological polar surface area (TPSA) is 16.1 Å². The fourth-order valence-electron chi connectivity index (χ4n) is 4.18. The summed E-state index contributed by atoms with van der Waals surface area (Å²) in [4.78, 5) is 7.01. The second kappa shape index (κ2) is 2.62. The lowest BCUT2D eigenvalue weighted by Gasteiger charge is -2.37. The molecule has 1 aliphatic carbocycles. The molecule has 3 heterocycles. The van der Waals surface area contributed by atoms with Crippen LogP contribution in [-0.2, 0) is 6.42 Å². The van der Waals surface area contributed by atoms with Gasteiger partial charge in [0, 0.05) is 18.4 Å². The first kappa shape index (κ1) is 8.28. The predicted octanol–water partition coefficient (Wildman–Crippen LogP) is 2.16. The molecule has 0 radical (unpaired) electrons. The van der Waals surface area contributed by atoms with Gasteiger partial charge in [0.05, 0.1) is 0 Å². The van der Waals surface area contributed by atoms with Crippen LogP contribution in [0.25, 0.3) is 0 Å². The first-order chi connectivity index (χ1) is 7.39. The Balaban J connectivity index is 1.90. The summed E-state index contributed by atoms with van der Waals surface area (Å²) in [6, 6.07) is 2.95. The van der Waals surface area contributed by atoms with E-state index >= 15 is 0 Å². The molecule has 2 saturated heterocycles. The smallest absolute Gasteiger partial charge is 0.0426 e. The van der Waals surface area contributed by atoms with Gasteiger partial charge in [-0.05, 0) is 61.4 Å². The van der Waals surface area contributed by atoms with Gasteiger partial charge < -0.3 is 0 Å². The van der Waals surface area contributed by atoms with Crippen LogP contribution in [0.2, 0.25) is 0 Å². The number of fused-ring (bicyclic) bond motifs is 1. The highest BCUT2D eigenvalue weighted by molar-refractivity contribution is 5.38. The largest absolute Gasteiger partial charge is 0.296 e. The molecule has 0 amide bonds. The summed E-state index contributed by atoms with van der Waals surface area (Å²) in [5.74, 6) is 0. The molecule has 0 aromatic carbocycles. The number of hydrogen-bond donors (Lipinski definition) is 0. The molecule has 1 aromatic heterocycles. The summed E-state index contributed by atoms with van der Waals surface area (Å²) in [5.41, 5.74) is 3.71. The van der Waals surface area contributed by atoms with Crippen molar-refractivity contribution in [2.24, 2.45) is 5.41 Å². The molecule has 1 unspecified atom stereocenters. The molecule has 4 rings (SSSR count). The lowest BCUT2D eigenvalue weighted by atomic mass is 9.75. The van der Waals surface area contributed by atoms with E-state index < -0.39 is 0 Å². The van der Waals surface area contributed by atoms with Crippen LogP contribution >= 0.6 is 0 Å². The van der Waals surface area contributed by atoms with Crippen molar-refractivity contribution in [2.75, 3.05) is 13.1 Å². The van der Waals surface area contributed by atoms with E-state index in [-0.39, 0.29) is 0 Å². The van der Waals surface area contributed by atoms with Crippen LogP contribution < -0.4 is 0 Å². The van der Waals surface area contributed by atoms with E-state index in [0.717, 1.165) is 6.04 Å². The second-order valence-electron chi connectivity index (χ2n) is 5.41. The molecule has 0 saturated carbocycles. The fourth-order valence-corrected chi connectivity index (χ4v) is 4.18. The number of hydrogen-bond acceptors (Lipinski definition) is 2. The third kappa shape index (κ3) is 0.913. The number of aromatic nitrogens is 1. The van der Waals surface area contributed by atoms with Gasteiger partial charge in [0.2, 0.25) is 0 Å². The van der Waals surface area contributed by atoms with Crippen molar-refractivity contribution < 1.29 is 0 Å². The lowest BCUT2D eigenvalue weighted by Crippen LogP contribution is -2.35. The number of rotatable bonds is 0. The Hall–Kier alpha value is -0.890. The minimum atomic E-state index is 0.601. The van der Waals surface area contributed by atoms with Crippen LogP contribution in [0.3, 0.4) is 0 Å². The molecule has 3 aliphatic rings. The molecule has 2 fully saturated rings. The monoisotopic (exact) mass is 200 g/mol. The van der Waals surface area contributed by atoms with Crippen LogP contribution in [0, 0.1) is 5.41 Å². The fraction of sp³-hybridized carbons (Fsp3) is 0.615. The number of nitrogens with zero attached hydrogens (tertiary/aromatic N) is 2. The van der Waals surface area contributed by atoms with Crippen molar-refractivity contribution in [3.63, 3.8) is 0 Å². The average Bonchev–Trinajstić information content (AvgIpc) is 2.68. The second-order valence-corrected chi connectivity index (χ2v) is 5.41. The van der Waals surface area contributed by atoms with Gasteiger partial charge in [-0.1, -0.05) is 0 Å². The van der Waals surface area contributed by atoms with Crippen LogP contribution in [-0.4, -0.2) is 23.0 Å². The quantitative estimate of drug-likeness (QED) is 0.638. The van der Waals surface area contributed by atoms with Crippen molar-refractivity contribution in [1.29, 1.82) is 0 Å². The van der Waals surface area contributed by atoms with Gasteiger partial charge in [-0.3, -0.25) is 9.88 Å². The first-order valence-corrected chi connectivity index (χ1v) is 6.06. The zero-order chi connectivity index (χ0) is 9.88. The van der Waals surface area contributed by atoms with Crippen molar-refractivity contribution in [1.82, 2.24) is 9.88 Å². The molecule has 0 N–H and O–H groups in total. The Morgan fingerprint density at radius 2 is 2.33 bits per heavy atom. The molecule has 2 nitrogen and oxygen atoms in total. The first-order valence-electron chi connectivity index (χ1n) is 6.06. The van der Waals surface area contributed by atoms with Crippen molar-refractivity contribution in [3.05, 3.63) is 29.6 Å². The molecule has 78 valence electrons. The number of pyridine rings is 1. The van der Waals surface area contributed by atoms with Gasteiger partial charge >= 0.3 is 0 Å². The summed E-state index contributed by atoms with van der Waals surface area (Å²) in [6.45, 7) is 2.62. The summed E-state index contributed by atoms with van der Waals surface area (Å²) in [5, 5.41) is 0. The van der Waals surface area contributed by atoms with E-state index in [1.54, 1.807) is 5.56 Å². The molecular weight excluding hydrogens is 184 g/mol. The molecule has 3 atom stereocenters. The molecule has 2 aliphatic heterocycles. The molecule has 0 spiro atoms. The van der Waals surface area contributed by atoms with Gasteiger partial charge in [0.15, 0.2) is 0 Å².